The van der Waals surface area contributed by atoms with Gasteiger partial charge in [-0.3, -0.25) is 4.79 Å². The second kappa shape index (κ2) is 8.96. The van der Waals surface area contributed by atoms with E-state index in [0.29, 0.717) is 36.6 Å². The average Bonchev–Trinajstić information content (AvgIpc) is 2.59. The maximum absolute atomic E-state index is 11.6. The number of anilines is 1. The number of rotatable bonds is 9. The Kier molecular flexibility index (Phi) is 6.67. The Balaban J connectivity index is 1.71. The SMILES string of the molecule is CCC(=O)c1ccc(OCCCCOc2ccccc2C)c(N)c1. The Bertz CT molecular complexity index is 682. The molecule has 0 aliphatic heterocycles. The maximum atomic E-state index is 11.6. The van der Waals surface area contributed by atoms with E-state index in [2.05, 4.69) is 0 Å². The van der Waals surface area contributed by atoms with E-state index in [9.17, 15) is 4.79 Å². The molecule has 2 N–H and O–H groups in total. The second-order valence-electron chi connectivity index (χ2n) is 5.70. The largest absolute Gasteiger partial charge is 0.493 e. The minimum absolute atomic E-state index is 0.0848. The highest BCUT2D eigenvalue weighted by atomic mass is 16.5. The second-order valence-corrected chi connectivity index (χ2v) is 5.70. The molecule has 0 atom stereocenters. The Morgan fingerprint density at radius 1 is 1.00 bits per heavy atom. The molecule has 2 aromatic rings. The zero-order valence-corrected chi connectivity index (χ0v) is 14.4. The lowest BCUT2D eigenvalue weighted by Crippen LogP contribution is -2.05. The molecule has 0 radical (unpaired) electrons. The number of carbonyl (C=O) groups is 1. The van der Waals surface area contributed by atoms with Crippen LogP contribution >= 0.6 is 0 Å². The van der Waals surface area contributed by atoms with E-state index in [1.165, 1.54) is 0 Å². The summed E-state index contributed by atoms with van der Waals surface area (Å²) in [6.45, 7) is 5.10. The number of ether oxygens (including phenoxy) is 2. The monoisotopic (exact) mass is 327 g/mol. The van der Waals surface area contributed by atoms with E-state index in [1.807, 2.05) is 38.1 Å². The van der Waals surface area contributed by atoms with Crippen LogP contribution < -0.4 is 15.2 Å². The van der Waals surface area contributed by atoms with E-state index >= 15 is 0 Å². The van der Waals surface area contributed by atoms with Crippen molar-refractivity contribution < 1.29 is 14.3 Å². The molecule has 0 saturated heterocycles. The van der Waals surface area contributed by atoms with E-state index in [0.717, 1.165) is 24.2 Å². The number of hydrogen-bond donors (Lipinski definition) is 1. The predicted octanol–water partition coefficient (Wildman–Crippen LogP) is 4.41. The maximum Gasteiger partial charge on any atom is 0.162 e. The lowest BCUT2D eigenvalue weighted by Gasteiger charge is -2.11. The number of hydrogen-bond acceptors (Lipinski definition) is 4. The van der Waals surface area contributed by atoms with Gasteiger partial charge in [-0.1, -0.05) is 25.1 Å². The highest BCUT2D eigenvalue weighted by Gasteiger charge is 2.07. The number of carbonyl (C=O) groups excluding carboxylic acids is 1. The summed E-state index contributed by atoms with van der Waals surface area (Å²) >= 11 is 0. The van der Waals surface area contributed by atoms with Crippen molar-refractivity contribution in [2.24, 2.45) is 0 Å². The van der Waals surface area contributed by atoms with Crippen LogP contribution in [0.4, 0.5) is 5.69 Å². The van der Waals surface area contributed by atoms with E-state index < -0.39 is 0 Å². The Labute approximate surface area is 143 Å². The molecule has 0 bridgehead atoms. The fourth-order valence-electron chi connectivity index (χ4n) is 2.34. The first-order valence-electron chi connectivity index (χ1n) is 8.35. The van der Waals surface area contributed by atoms with Crippen LogP contribution in [-0.4, -0.2) is 19.0 Å². The van der Waals surface area contributed by atoms with E-state index in [-0.39, 0.29) is 5.78 Å². The summed E-state index contributed by atoms with van der Waals surface area (Å²) in [5, 5.41) is 0. The van der Waals surface area contributed by atoms with Gasteiger partial charge in [-0.25, -0.2) is 0 Å². The third-order valence-corrected chi connectivity index (χ3v) is 3.80. The van der Waals surface area contributed by atoms with Crippen LogP contribution in [0.1, 0.15) is 42.1 Å². The van der Waals surface area contributed by atoms with Crippen molar-refractivity contribution in [3.05, 3.63) is 53.6 Å². The fraction of sp³-hybridized carbons (Fsp3) is 0.350. The molecule has 0 aromatic heterocycles. The Morgan fingerprint density at radius 3 is 2.29 bits per heavy atom. The van der Waals surface area contributed by atoms with Gasteiger partial charge in [-0.05, 0) is 49.6 Å². The molecule has 0 unspecified atom stereocenters. The van der Waals surface area contributed by atoms with Gasteiger partial charge in [0.2, 0.25) is 0 Å². The molecule has 4 nitrogen and oxygen atoms in total. The van der Waals surface area contributed by atoms with Crippen LogP contribution in [0.5, 0.6) is 11.5 Å². The summed E-state index contributed by atoms with van der Waals surface area (Å²) < 4.78 is 11.4. The zero-order chi connectivity index (χ0) is 17.4. The summed E-state index contributed by atoms with van der Waals surface area (Å²) in [7, 11) is 0. The third-order valence-electron chi connectivity index (χ3n) is 3.80. The van der Waals surface area contributed by atoms with Crippen molar-refractivity contribution in [1.82, 2.24) is 0 Å². The summed E-state index contributed by atoms with van der Waals surface area (Å²) in [5.74, 6) is 1.64. The molecule has 128 valence electrons. The average molecular weight is 327 g/mol. The van der Waals surface area contributed by atoms with Crippen LogP contribution in [0.15, 0.2) is 42.5 Å². The first-order chi connectivity index (χ1) is 11.6. The first-order valence-corrected chi connectivity index (χ1v) is 8.35. The smallest absolute Gasteiger partial charge is 0.162 e. The normalized spacial score (nSPS) is 10.4. The van der Waals surface area contributed by atoms with Crippen molar-refractivity contribution in [2.45, 2.75) is 33.1 Å². The van der Waals surface area contributed by atoms with E-state index in [4.69, 9.17) is 15.2 Å². The number of aryl methyl sites for hydroxylation is 1. The van der Waals surface area contributed by atoms with Crippen molar-refractivity contribution in [3.63, 3.8) is 0 Å². The molecular formula is C20H25NO3. The van der Waals surface area contributed by atoms with Gasteiger partial charge in [0.1, 0.15) is 11.5 Å². The number of nitrogens with two attached hydrogens (primary N) is 1. The summed E-state index contributed by atoms with van der Waals surface area (Å²) in [6, 6.07) is 13.2. The van der Waals surface area contributed by atoms with Crippen LogP contribution in [-0.2, 0) is 0 Å². The molecule has 0 spiro atoms. The van der Waals surface area contributed by atoms with Gasteiger partial charge >= 0.3 is 0 Å². The topological polar surface area (TPSA) is 61.5 Å². The van der Waals surface area contributed by atoms with Gasteiger partial charge in [-0.2, -0.15) is 0 Å². The van der Waals surface area contributed by atoms with Crippen LogP contribution in [0.25, 0.3) is 0 Å². The lowest BCUT2D eigenvalue weighted by molar-refractivity contribution is 0.0988. The Hall–Kier alpha value is -2.49. The zero-order valence-electron chi connectivity index (χ0n) is 14.4. The molecule has 0 aliphatic rings. The number of ketones is 1. The molecule has 0 fully saturated rings. The minimum atomic E-state index is 0.0848. The number of para-hydroxylation sites is 1. The molecule has 2 rings (SSSR count). The quantitative estimate of drug-likeness (QED) is 0.421. The molecule has 0 saturated carbocycles. The van der Waals surface area contributed by atoms with Crippen molar-refractivity contribution >= 4 is 11.5 Å². The molecule has 24 heavy (non-hydrogen) atoms. The fourth-order valence-corrected chi connectivity index (χ4v) is 2.34. The molecule has 4 heteroatoms. The van der Waals surface area contributed by atoms with Gasteiger partial charge in [0.05, 0.1) is 18.9 Å². The summed E-state index contributed by atoms with van der Waals surface area (Å²) in [6.07, 6.45) is 2.25. The number of nitrogen functional groups attached to an aromatic ring is 1. The number of unbranched alkanes of at least 4 members (excludes halogenated alkanes) is 1. The molecule has 0 heterocycles. The van der Waals surface area contributed by atoms with Crippen LogP contribution in [0, 0.1) is 6.92 Å². The van der Waals surface area contributed by atoms with Gasteiger partial charge in [0.25, 0.3) is 0 Å². The Morgan fingerprint density at radius 2 is 1.67 bits per heavy atom. The van der Waals surface area contributed by atoms with Gasteiger partial charge < -0.3 is 15.2 Å². The van der Waals surface area contributed by atoms with Gasteiger partial charge in [0, 0.05) is 12.0 Å². The summed E-state index contributed by atoms with van der Waals surface area (Å²) in [4.78, 5) is 11.6. The van der Waals surface area contributed by atoms with Crippen molar-refractivity contribution in [3.8, 4) is 11.5 Å². The summed E-state index contributed by atoms with van der Waals surface area (Å²) in [5.41, 5.74) is 8.23. The highest BCUT2D eigenvalue weighted by molar-refractivity contribution is 5.97. The minimum Gasteiger partial charge on any atom is -0.493 e. The number of benzene rings is 2. The van der Waals surface area contributed by atoms with Gasteiger partial charge in [0.15, 0.2) is 5.78 Å². The lowest BCUT2D eigenvalue weighted by atomic mass is 10.1. The molecule has 2 aromatic carbocycles. The standard InChI is InChI=1S/C20H25NO3/c1-3-18(22)16-10-11-20(17(21)14-16)24-13-7-6-12-23-19-9-5-4-8-15(19)2/h4-5,8-11,14H,3,6-7,12-13,21H2,1-2H3. The van der Waals surface area contributed by atoms with Crippen LogP contribution in [0.3, 0.4) is 0 Å². The van der Waals surface area contributed by atoms with E-state index in [1.54, 1.807) is 18.2 Å². The van der Waals surface area contributed by atoms with Gasteiger partial charge in [-0.15, -0.1) is 0 Å². The number of Topliss-reactive ketones (excluding diaryl/α,β-unsaturated/α-hetero) is 1. The molecule has 0 amide bonds. The first kappa shape index (κ1) is 17.9. The van der Waals surface area contributed by atoms with Crippen LogP contribution in [0.2, 0.25) is 0 Å². The molecular weight excluding hydrogens is 302 g/mol. The highest BCUT2D eigenvalue weighted by Crippen LogP contribution is 2.23. The molecule has 0 aliphatic carbocycles. The van der Waals surface area contributed by atoms with Crippen molar-refractivity contribution in [2.75, 3.05) is 18.9 Å². The van der Waals surface area contributed by atoms with Crippen molar-refractivity contribution in [1.29, 1.82) is 0 Å². The predicted molar refractivity (Wildman–Crippen MR) is 96.9 cm³/mol. The third kappa shape index (κ3) is 5.01.